The standard InChI is InChI=1S/C19H21N3O3/c1-13-12-22-9-7-15(11-18(22)21-13)19(23)20-8-6-14-4-5-16(24-2)17(10-14)25-3/h4-5,7,9-12H,6,8H2,1-3H3,(H,20,23). The summed E-state index contributed by atoms with van der Waals surface area (Å²) in [4.78, 5) is 16.7. The molecule has 25 heavy (non-hydrogen) atoms. The van der Waals surface area contributed by atoms with Gasteiger partial charge in [0, 0.05) is 24.5 Å². The molecule has 0 spiro atoms. The summed E-state index contributed by atoms with van der Waals surface area (Å²) in [5.74, 6) is 1.27. The van der Waals surface area contributed by atoms with E-state index in [1.807, 2.05) is 41.9 Å². The predicted octanol–water partition coefficient (Wildman–Crippen LogP) is 2.63. The number of amides is 1. The SMILES string of the molecule is COc1ccc(CCNC(=O)c2ccn3cc(C)nc3c2)cc1OC. The second kappa shape index (κ2) is 7.25. The largest absolute Gasteiger partial charge is 0.493 e. The van der Waals surface area contributed by atoms with Gasteiger partial charge < -0.3 is 19.2 Å². The fourth-order valence-corrected chi connectivity index (χ4v) is 2.71. The van der Waals surface area contributed by atoms with Crippen molar-refractivity contribution < 1.29 is 14.3 Å². The molecule has 2 aromatic heterocycles. The molecule has 0 unspecified atom stereocenters. The first-order chi connectivity index (χ1) is 12.1. The van der Waals surface area contributed by atoms with Crippen molar-refractivity contribution in [3.63, 3.8) is 0 Å². The van der Waals surface area contributed by atoms with Crippen LogP contribution in [0.25, 0.3) is 5.65 Å². The Kier molecular flexibility index (Phi) is 4.88. The van der Waals surface area contributed by atoms with Gasteiger partial charge in [0.15, 0.2) is 11.5 Å². The van der Waals surface area contributed by atoms with Gasteiger partial charge in [0.1, 0.15) is 5.65 Å². The number of hydrogen-bond donors (Lipinski definition) is 1. The third kappa shape index (κ3) is 3.74. The smallest absolute Gasteiger partial charge is 0.251 e. The Bertz CT molecular complexity index is 902. The maximum Gasteiger partial charge on any atom is 0.251 e. The normalized spacial score (nSPS) is 10.7. The number of nitrogens with one attached hydrogen (secondary N) is 1. The molecule has 0 atom stereocenters. The fourth-order valence-electron chi connectivity index (χ4n) is 2.71. The number of methoxy groups -OCH3 is 2. The van der Waals surface area contributed by atoms with E-state index in [1.165, 1.54) is 0 Å². The lowest BCUT2D eigenvalue weighted by Crippen LogP contribution is -2.25. The molecule has 0 saturated heterocycles. The molecule has 130 valence electrons. The first-order valence-corrected chi connectivity index (χ1v) is 8.05. The molecule has 0 bridgehead atoms. The molecule has 3 aromatic rings. The van der Waals surface area contributed by atoms with Crippen LogP contribution in [0.2, 0.25) is 0 Å². The van der Waals surface area contributed by atoms with Crippen molar-refractivity contribution in [3.8, 4) is 11.5 Å². The van der Waals surface area contributed by atoms with E-state index < -0.39 is 0 Å². The Labute approximate surface area is 146 Å². The Balaban J connectivity index is 1.61. The van der Waals surface area contributed by atoms with E-state index in [4.69, 9.17) is 9.47 Å². The van der Waals surface area contributed by atoms with E-state index in [0.29, 0.717) is 30.0 Å². The number of benzene rings is 1. The van der Waals surface area contributed by atoms with Gasteiger partial charge in [-0.15, -0.1) is 0 Å². The van der Waals surface area contributed by atoms with E-state index in [-0.39, 0.29) is 5.91 Å². The topological polar surface area (TPSA) is 64.9 Å². The number of carbonyl (C=O) groups excluding carboxylic acids is 1. The fraction of sp³-hybridized carbons (Fsp3) is 0.263. The summed E-state index contributed by atoms with van der Waals surface area (Å²) in [6, 6.07) is 9.33. The highest BCUT2D eigenvalue weighted by molar-refractivity contribution is 5.95. The number of imidazole rings is 1. The number of hydrogen-bond acceptors (Lipinski definition) is 4. The van der Waals surface area contributed by atoms with Crippen LogP contribution in [-0.4, -0.2) is 36.1 Å². The highest BCUT2D eigenvalue weighted by Gasteiger charge is 2.08. The molecular formula is C19H21N3O3. The molecule has 0 aliphatic heterocycles. The summed E-state index contributed by atoms with van der Waals surface area (Å²) in [6.45, 7) is 2.46. The molecule has 1 N–H and O–H groups in total. The van der Waals surface area contributed by atoms with Crippen molar-refractivity contribution in [2.75, 3.05) is 20.8 Å². The van der Waals surface area contributed by atoms with Crippen molar-refractivity contribution in [1.29, 1.82) is 0 Å². The van der Waals surface area contributed by atoms with Crippen LogP contribution in [0.4, 0.5) is 0 Å². The summed E-state index contributed by atoms with van der Waals surface area (Å²) in [7, 11) is 3.22. The highest BCUT2D eigenvalue weighted by Crippen LogP contribution is 2.27. The van der Waals surface area contributed by atoms with E-state index in [2.05, 4.69) is 10.3 Å². The zero-order chi connectivity index (χ0) is 17.8. The second-order valence-corrected chi connectivity index (χ2v) is 5.76. The van der Waals surface area contributed by atoms with Gasteiger partial charge in [-0.05, 0) is 43.2 Å². The van der Waals surface area contributed by atoms with Gasteiger partial charge in [0.2, 0.25) is 0 Å². The maximum atomic E-state index is 12.3. The van der Waals surface area contributed by atoms with Crippen molar-refractivity contribution in [2.45, 2.75) is 13.3 Å². The minimum absolute atomic E-state index is 0.108. The lowest BCUT2D eigenvalue weighted by molar-refractivity contribution is 0.0954. The average molecular weight is 339 g/mol. The Morgan fingerprint density at radius 1 is 1.16 bits per heavy atom. The van der Waals surface area contributed by atoms with Crippen molar-refractivity contribution >= 4 is 11.6 Å². The minimum Gasteiger partial charge on any atom is -0.493 e. The number of aromatic nitrogens is 2. The molecule has 0 aliphatic rings. The van der Waals surface area contributed by atoms with Crippen LogP contribution < -0.4 is 14.8 Å². The summed E-state index contributed by atoms with van der Waals surface area (Å²) < 4.78 is 12.4. The molecule has 1 aromatic carbocycles. The third-order valence-corrected chi connectivity index (χ3v) is 3.99. The molecule has 2 heterocycles. The number of ether oxygens (including phenoxy) is 2. The van der Waals surface area contributed by atoms with Gasteiger partial charge in [-0.25, -0.2) is 4.98 Å². The second-order valence-electron chi connectivity index (χ2n) is 5.76. The quantitative estimate of drug-likeness (QED) is 0.750. The lowest BCUT2D eigenvalue weighted by Gasteiger charge is -2.10. The van der Waals surface area contributed by atoms with Crippen LogP contribution in [0, 0.1) is 6.92 Å². The Hall–Kier alpha value is -3.02. The number of nitrogens with zero attached hydrogens (tertiary/aromatic N) is 2. The number of aryl methyl sites for hydroxylation is 1. The third-order valence-electron chi connectivity index (χ3n) is 3.99. The van der Waals surface area contributed by atoms with Crippen LogP contribution in [0.1, 0.15) is 21.6 Å². The maximum absolute atomic E-state index is 12.3. The lowest BCUT2D eigenvalue weighted by atomic mass is 10.1. The summed E-state index contributed by atoms with van der Waals surface area (Å²) >= 11 is 0. The molecule has 6 nitrogen and oxygen atoms in total. The minimum atomic E-state index is -0.108. The zero-order valence-electron chi connectivity index (χ0n) is 14.6. The van der Waals surface area contributed by atoms with Crippen molar-refractivity contribution in [1.82, 2.24) is 14.7 Å². The molecule has 0 saturated carbocycles. The summed E-state index contributed by atoms with van der Waals surface area (Å²) in [5.41, 5.74) is 3.36. The van der Waals surface area contributed by atoms with Crippen LogP contribution in [0.3, 0.4) is 0 Å². The number of rotatable bonds is 6. The first kappa shape index (κ1) is 16.8. The van der Waals surface area contributed by atoms with E-state index in [9.17, 15) is 4.79 Å². The van der Waals surface area contributed by atoms with Gasteiger partial charge >= 0.3 is 0 Å². The van der Waals surface area contributed by atoms with Crippen LogP contribution in [0.5, 0.6) is 11.5 Å². The number of pyridine rings is 1. The molecule has 1 amide bonds. The molecule has 0 fully saturated rings. The van der Waals surface area contributed by atoms with Gasteiger partial charge in [-0.2, -0.15) is 0 Å². The van der Waals surface area contributed by atoms with Gasteiger partial charge in [-0.1, -0.05) is 6.07 Å². The van der Waals surface area contributed by atoms with Crippen LogP contribution in [0.15, 0.2) is 42.7 Å². The van der Waals surface area contributed by atoms with Crippen LogP contribution in [-0.2, 0) is 6.42 Å². The summed E-state index contributed by atoms with van der Waals surface area (Å²) in [6.07, 6.45) is 4.48. The summed E-state index contributed by atoms with van der Waals surface area (Å²) in [5, 5.41) is 2.94. The Morgan fingerprint density at radius 2 is 1.96 bits per heavy atom. The first-order valence-electron chi connectivity index (χ1n) is 8.05. The van der Waals surface area contributed by atoms with E-state index in [1.54, 1.807) is 26.4 Å². The zero-order valence-corrected chi connectivity index (χ0v) is 14.6. The van der Waals surface area contributed by atoms with Gasteiger partial charge in [0.05, 0.1) is 19.9 Å². The highest BCUT2D eigenvalue weighted by atomic mass is 16.5. The van der Waals surface area contributed by atoms with E-state index >= 15 is 0 Å². The number of fused-ring (bicyclic) bond motifs is 1. The molecule has 0 radical (unpaired) electrons. The molecule has 6 heteroatoms. The average Bonchev–Trinajstić information content (AvgIpc) is 3.00. The van der Waals surface area contributed by atoms with E-state index in [0.717, 1.165) is 16.9 Å². The van der Waals surface area contributed by atoms with Crippen LogP contribution >= 0.6 is 0 Å². The Morgan fingerprint density at radius 3 is 2.72 bits per heavy atom. The monoisotopic (exact) mass is 339 g/mol. The van der Waals surface area contributed by atoms with Gasteiger partial charge in [0.25, 0.3) is 5.91 Å². The molecule has 0 aliphatic carbocycles. The molecular weight excluding hydrogens is 318 g/mol. The van der Waals surface area contributed by atoms with Crippen molar-refractivity contribution in [3.05, 3.63) is 59.5 Å². The number of carbonyl (C=O) groups is 1. The predicted molar refractivity (Wildman–Crippen MR) is 95.5 cm³/mol. The van der Waals surface area contributed by atoms with Gasteiger partial charge in [-0.3, -0.25) is 4.79 Å². The van der Waals surface area contributed by atoms with Crippen molar-refractivity contribution in [2.24, 2.45) is 0 Å². The molecule has 3 rings (SSSR count).